The maximum atomic E-state index is 12.6. The van der Waals surface area contributed by atoms with Crippen molar-refractivity contribution < 1.29 is 14.3 Å². The van der Waals surface area contributed by atoms with Gasteiger partial charge in [-0.2, -0.15) is 0 Å². The molecule has 2 aromatic rings. The van der Waals surface area contributed by atoms with E-state index in [0.29, 0.717) is 19.5 Å². The number of rotatable bonds is 6. The zero-order valence-electron chi connectivity index (χ0n) is 16.4. The second-order valence-electron chi connectivity index (χ2n) is 7.62. The van der Waals surface area contributed by atoms with E-state index in [0.717, 1.165) is 22.6 Å². The van der Waals surface area contributed by atoms with E-state index in [1.54, 1.807) is 13.3 Å². The van der Waals surface area contributed by atoms with Gasteiger partial charge in [0.15, 0.2) is 0 Å². The van der Waals surface area contributed by atoms with E-state index in [9.17, 15) is 4.79 Å². The molecule has 0 aliphatic carbocycles. The lowest BCUT2D eigenvalue weighted by molar-refractivity contribution is -0.123. The Balaban J connectivity index is 1.68. The van der Waals surface area contributed by atoms with Gasteiger partial charge in [0.05, 0.1) is 19.7 Å². The highest BCUT2D eigenvalue weighted by Crippen LogP contribution is 2.41. The average molecular weight is 369 g/mol. The second kappa shape index (κ2) is 7.96. The van der Waals surface area contributed by atoms with Crippen LogP contribution in [0.25, 0.3) is 0 Å². The van der Waals surface area contributed by atoms with Gasteiger partial charge < -0.3 is 14.8 Å². The second-order valence-corrected chi connectivity index (χ2v) is 7.62. The third-order valence-electron chi connectivity index (χ3n) is 4.60. The number of pyridine rings is 1. The first-order valence-electron chi connectivity index (χ1n) is 9.10. The number of hydrogen-bond acceptors (Lipinski definition) is 5. The lowest BCUT2D eigenvalue weighted by Crippen LogP contribution is -2.43. The highest BCUT2D eigenvalue weighted by atomic mass is 16.5. The van der Waals surface area contributed by atoms with Crippen molar-refractivity contribution in [2.75, 3.05) is 20.7 Å². The van der Waals surface area contributed by atoms with Crippen molar-refractivity contribution in [1.29, 1.82) is 0 Å². The molecule has 27 heavy (non-hydrogen) atoms. The highest BCUT2D eigenvalue weighted by molar-refractivity contribution is 5.78. The van der Waals surface area contributed by atoms with Gasteiger partial charge in [0, 0.05) is 30.9 Å². The molecule has 2 heterocycles. The number of amides is 1. The molecule has 0 bridgehead atoms. The number of hydrogen-bond donors (Lipinski definition) is 1. The van der Waals surface area contributed by atoms with Crippen molar-refractivity contribution in [3.63, 3.8) is 0 Å². The van der Waals surface area contributed by atoms with Crippen molar-refractivity contribution in [1.82, 2.24) is 15.2 Å². The summed E-state index contributed by atoms with van der Waals surface area (Å²) < 4.78 is 11.4. The molecule has 1 atom stereocenters. The molecule has 6 nitrogen and oxygen atoms in total. The number of fused-ring (bicyclic) bond motifs is 1. The van der Waals surface area contributed by atoms with Gasteiger partial charge >= 0.3 is 0 Å². The van der Waals surface area contributed by atoms with Crippen LogP contribution in [0.5, 0.6) is 11.5 Å². The van der Waals surface area contributed by atoms with E-state index < -0.39 is 0 Å². The Morgan fingerprint density at radius 1 is 1.41 bits per heavy atom. The van der Waals surface area contributed by atoms with E-state index in [2.05, 4.69) is 10.3 Å². The standard InChI is InChI=1S/C21H27N3O3/c1-21(2)11-18(17-10-16(26-4)7-8-19(17)27-21)23-20(25)14-24(3)13-15-6-5-9-22-12-15/h5-10,12,18H,11,13-14H2,1-4H3,(H,23,25)/t18-/m0/s1. The maximum Gasteiger partial charge on any atom is 0.234 e. The first-order valence-corrected chi connectivity index (χ1v) is 9.10. The van der Waals surface area contributed by atoms with E-state index >= 15 is 0 Å². The van der Waals surface area contributed by atoms with E-state index in [4.69, 9.17) is 9.47 Å². The molecule has 0 saturated carbocycles. The van der Waals surface area contributed by atoms with Crippen LogP contribution in [0.3, 0.4) is 0 Å². The number of carbonyl (C=O) groups is 1. The Morgan fingerprint density at radius 2 is 2.22 bits per heavy atom. The van der Waals surface area contributed by atoms with Crippen LogP contribution in [-0.2, 0) is 11.3 Å². The summed E-state index contributed by atoms with van der Waals surface area (Å²) in [5.41, 5.74) is 1.69. The van der Waals surface area contributed by atoms with Crippen LogP contribution < -0.4 is 14.8 Å². The summed E-state index contributed by atoms with van der Waals surface area (Å²) in [5.74, 6) is 1.53. The molecule has 0 saturated heterocycles. The number of methoxy groups -OCH3 is 1. The third kappa shape index (κ3) is 4.98. The van der Waals surface area contributed by atoms with Gasteiger partial charge in [-0.05, 0) is 50.7 Å². The number of likely N-dealkylation sites (N-methyl/N-ethyl adjacent to an activating group) is 1. The first kappa shape index (κ1) is 19.2. The van der Waals surface area contributed by atoms with Crippen molar-refractivity contribution >= 4 is 5.91 Å². The molecule has 1 aromatic carbocycles. The topological polar surface area (TPSA) is 63.7 Å². The van der Waals surface area contributed by atoms with E-state index in [-0.39, 0.29) is 17.6 Å². The fourth-order valence-electron chi connectivity index (χ4n) is 3.43. The van der Waals surface area contributed by atoms with Crippen molar-refractivity contribution in [3.05, 3.63) is 53.9 Å². The monoisotopic (exact) mass is 369 g/mol. The number of carbonyl (C=O) groups excluding carboxylic acids is 1. The Morgan fingerprint density at radius 3 is 2.93 bits per heavy atom. The lowest BCUT2D eigenvalue weighted by Gasteiger charge is -2.38. The van der Waals surface area contributed by atoms with Crippen molar-refractivity contribution in [3.8, 4) is 11.5 Å². The molecular weight excluding hydrogens is 342 g/mol. The van der Waals surface area contributed by atoms with Gasteiger partial charge in [0.25, 0.3) is 0 Å². The SMILES string of the molecule is COc1ccc2c(c1)[C@@H](NC(=O)CN(C)Cc1cccnc1)CC(C)(C)O2. The highest BCUT2D eigenvalue weighted by Gasteiger charge is 2.34. The summed E-state index contributed by atoms with van der Waals surface area (Å²) in [7, 11) is 3.56. The van der Waals surface area contributed by atoms with E-state index in [1.165, 1.54) is 0 Å². The van der Waals surface area contributed by atoms with Crippen LogP contribution in [0.1, 0.15) is 37.4 Å². The molecular formula is C21H27N3O3. The van der Waals surface area contributed by atoms with Crippen LogP contribution in [0.15, 0.2) is 42.7 Å². The van der Waals surface area contributed by atoms with Gasteiger partial charge in [-0.3, -0.25) is 14.7 Å². The Kier molecular flexibility index (Phi) is 5.65. The fraction of sp³-hybridized carbons (Fsp3) is 0.429. The zero-order chi connectivity index (χ0) is 19.4. The Labute approximate surface area is 160 Å². The summed E-state index contributed by atoms with van der Waals surface area (Å²) in [6.07, 6.45) is 4.26. The quantitative estimate of drug-likeness (QED) is 0.848. The molecule has 1 aliphatic heterocycles. The fourth-order valence-corrected chi connectivity index (χ4v) is 3.43. The van der Waals surface area contributed by atoms with Crippen LogP contribution in [-0.4, -0.2) is 42.1 Å². The van der Waals surface area contributed by atoms with Gasteiger partial charge in [-0.15, -0.1) is 0 Å². The van der Waals surface area contributed by atoms with Crippen LogP contribution in [0.4, 0.5) is 0 Å². The van der Waals surface area contributed by atoms with Crippen LogP contribution >= 0.6 is 0 Å². The summed E-state index contributed by atoms with van der Waals surface area (Å²) >= 11 is 0. The van der Waals surface area contributed by atoms with Crippen molar-refractivity contribution in [2.24, 2.45) is 0 Å². The molecule has 6 heteroatoms. The Hall–Kier alpha value is -2.60. The van der Waals surface area contributed by atoms with Gasteiger partial charge in [-0.1, -0.05) is 6.07 Å². The molecule has 1 aliphatic rings. The zero-order valence-corrected chi connectivity index (χ0v) is 16.4. The number of nitrogens with zero attached hydrogens (tertiary/aromatic N) is 2. The minimum Gasteiger partial charge on any atom is -0.497 e. The minimum atomic E-state index is -0.346. The average Bonchev–Trinajstić information content (AvgIpc) is 2.61. The molecule has 144 valence electrons. The number of aromatic nitrogens is 1. The first-order chi connectivity index (χ1) is 12.9. The van der Waals surface area contributed by atoms with Crippen LogP contribution in [0.2, 0.25) is 0 Å². The molecule has 0 spiro atoms. The largest absolute Gasteiger partial charge is 0.497 e. The number of nitrogens with one attached hydrogen (secondary N) is 1. The third-order valence-corrected chi connectivity index (χ3v) is 4.60. The molecule has 0 fully saturated rings. The van der Waals surface area contributed by atoms with Crippen molar-refractivity contribution in [2.45, 2.75) is 38.5 Å². The van der Waals surface area contributed by atoms with Crippen LogP contribution in [0, 0.1) is 0 Å². The molecule has 1 N–H and O–H groups in total. The molecule has 0 radical (unpaired) electrons. The summed E-state index contributed by atoms with van der Waals surface area (Å²) in [6, 6.07) is 9.51. The maximum absolute atomic E-state index is 12.6. The van der Waals surface area contributed by atoms with Gasteiger partial charge in [-0.25, -0.2) is 0 Å². The number of benzene rings is 1. The summed E-state index contributed by atoms with van der Waals surface area (Å²) in [6.45, 7) is 5.05. The predicted octanol–water partition coefficient (Wildman–Crippen LogP) is 2.94. The lowest BCUT2D eigenvalue weighted by atomic mass is 9.89. The minimum absolute atomic E-state index is 0.0159. The summed E-state index contributed by atoms with van der Waals surface area (Å²) in [4.78, 5) is 18.7. The van der Waals surface area contributed by atoms with E-state index in [1.807, 2.05) is 62.3 Å². The molecule has 0 unspecified atom stereocenters. The predicted molar refractivity (Wildman–Crippen MR) is 104 cm³/mol. The normalized spacial score (nSPS) is 17.7. The molecule has 1 amide bonds. The van der Waals surface area contributed by atoms with Gasteiger partial charge in [0.1, 0.15) is 17.1 Å². The summed E-state index contributed by atoms with van der Waals surface area (Å²) in [5, 5.41) is 3.17. The molecule has 1 aromatic heterocycles. The number of ether oxygens (including phenoxy) is 2. The smallest absolute Gasteiger partial charge is 0.234 e. The van der Waals surface area contributed by atoms with Gasteiger partial charge in [0.2, 0.25) is 5.91 Å². The Bertz CT molecular complexity index is 793. The molecule has 3 rings (SSSR count).